The number of nitrogens with zero attached hydrogens (tertiary/aromatic N) is 1. The summed E-state index contributed by atoms with van der Waals surface area (Å²) in [7, 11) is 3.60. The lowest BCUT2D eigenvalue weighted by molar-refractivity contribution is 0.0600. The minimum atomic E-state index is -0.286. The second-order valence-corrected chi connectivity index (χ2v) is 6.27. The predicted molar refractivity (Wildman–Crippen MR) is 85.8 cm³/mol. The fraction of sp³-hybridized carbons (Fsp3) is 0.588. The summed E-state index contributed by atoms with van der Waals surface area (Å²) in [6.07, 6.45) is 1.13. The highest BCUT2D eigenvalue weighted by Gasteiger charge is 2.29. The first-order chi connectivity index (χ1) is 9.92. The third-order valence-corrected chi connectivity index (χ3v) is 4.60. The lowest BCUT2D eigenvalue weighted by atomic mass is 9.89. The molecule has 116 valence electrons. The fourth-order valence-electron chi connectivity index (χ4n) is 3.01. The van der Waals surface area contributed by atoms with Crippen molar-refractivity contribution >= 4 is 11.7 Å². The first-order valence-electron chi connectivity index (χ1n) is 7.58. The first-order valence-corrected chi connectivity index (χ1v) is 7.58. The van der Waals surface area contributed by atoms with Gasteiger partial charge in [0.1, 0.15) is 0 Å². The number of carbonyl (C=O) groups is 1. The van der Waals surface area contributed by atoms with E-state index < -0.39 is 0 Å². The molecule has 0 spiro atoms. The van der Waals surface area contributed by atoms with Gasteiger partial charge in [-0.2, -0.15) is 0 Å². The van der Waals surface area contributed by atoms with E-state index in [2.05, 4.69) is 31.1 Å². The molecule has 0 saturated carbocycles. The predicted octanol–water partition coefficient (Wildman–Crippen LogP) is 2.92. The maximum atomic E-state index is 11.5. The van der Waals surface area contributed by atoms with Gasteiger partial charge in [0.05, 0.1) is 12.7 Å². The van der Waals surface area contributed by atoms with Crippen LogP contribution in [0.5, 0.6) is 0 Å². The number of anilines is 1. The highest BCUT2D eigenvalue weighted by Crippen LogP contribution is 2.26. The smallest absolute Gasteiger partial charge is 0.337 e. The number of piperidine rings is 1. The average molecular weight is 290 g/mol. The summed E-state index contributed by atoms with van der Waals surface area (Å²) < 4.78 is 4.76. The SMILES string of the molecule is COC(=O)c1ccc(NC2CC(C)N(C)CC2C)c(C)c1. The van der Waals surface area contributed by atoms with Crippen molar-refractivity contribution in [1.82, 2.24) is 4.90 Å². The third kappa shape index (κ3) is 3.56. The van der Waals surface area contributed by atoms with Crippen LogP contribution in [-0.4, -0.2) is 43.7 Å². The Morgan fingerprint density at radius 3 is 2.71 bits per heavy atom. The molecule has 1 N–H and O–H groups in total. The second-order valence-electron chi connectivity index (χ2n) is 6.27. The third-order valence-electron chi connectivity index (χ3n) is 4.60. The highest BCUT2D eigenvalue weighted by atomic mass is 16.5. The fourth-order valence-corrected chi connectivity index (χ4v) is 3.01. The van der Waals surface area contributed by atoms with Gasteiger partial charge in [0.15, 0.2) is 0 Å². The van der Waals surface area contributed by atoms with E-state index in [-0.39, 0.29) is 5.97 Å². The normalized spacial score (nSPS) is 26.4. The lowest BCUT2D eigenvalue weighted by Crippen LogP contribution is -2.48. The number of methoxy groups -OCH3 is 1. The molecule has 3 unspecified atom stereocenters. The van der Waals surface area contributed by atoms with Crippen molar-refractivity contribution in [3.05, 3.63) is 29.3 Å². The van der Waals surface area contributed by atoms with Crippen LogP contribution >= 0.6 is 0 Å². The Kier molecular flexibility index (Phi) is 4.88. The maximum Gasteiger partial charge on any atom is 0.337 e. The van der Waals surface area contributed by atoms with Gasteiger partial charge < -0.3 is 15.0 Å². The summed E-state index contributed by atoms with van der Waals surface area (Å²) >= 11 is 0. The summed E-state index contributed by atoms with van der Waals surface area (Å²) in [5, 5.41) is 3.66. The summed E-state index contributed by atoms with van der Waals surface area (Å²) in [6, 6.07) is 6.76. The molecule has 21 heavy (non-hydrogen) atoms. The standard InChI is InChI=1S/C17H26N2O2/c1-11-8-14(17(20)21-5)6-7-15(11)18-16-9-13(3)19(4)10-12(16)2/h6-8,12-13,16,18H,9-10H2,1-5H3. The van der Waals surface area contributed by atoms with Gasteiger partial charge in [-0.3, -0.25) is 0 Å². The molecule has 1 saturated heterocycles. The maximum absolute atomic E-state index is 11.5. The molecule has 1 aliphatic heterocycles. The topological polar surface area (TPSA) is 41.6 Å². The number of nitrogens with one attached hydrogen (secondary N) is 1. The molecule has 0 radical (unpaired) electrons. The van der Waals surface area contributed by atoms with Gasteiger partial charge in [-0.25, -0.2) is 4.79 Å². The van der Waals surface area contributed by atoms with Crippen LogP contribution in [0.3, 0.4) is 0 Å². The lowest BCUT2D eigenvalue weighted by Gasteiger charge is -2.40. The molecule has 1 aromatic rings. The molecule has 0 bridgehead atoms. The van der Waals surface area contributed by atoms with Crippen LogP contribution in [0.4, 0.5) is 5.69 Å². The monoisotopic (exact) mass is 290 g/mol. The number of esters is 1. The second kappa shape index (κ2) is 6.48. The van der Waals surface area contributed by atoms with Gasteiger partial charge >= 0.3 is 5.97 Å². The quantitative estimate of drug-likeness (QED) is 0.869. The number of carbonyl (C=O) groups excluding carboxylic acids is 1. The zero-order chi connectivity index (χ0) is 15.6. The van der Waals surface area contributed by atoms with Crippen LogP contribution < -0.4 is 5.32 Å². The van der Waals surface area contributed by atoms with E-state index in [4.69, 9.17) is 4.74 Å². The molecule has 4 heteroatoms. The summed E-state index contributed by atoms with van der Waals surface area (Å²) in [4.78, 5) is 14.0. The average Bonchev–Trinajstić information content (AvgIpc) is 2.45. The van der Waals surface area contributed by atoms with E-state index in [0.29, 0.717) is 23.6 Å². The number of aryl methyl sites for hydroxylation is 1. The number of likely N-dealkylation sites (tertiary alicyclic amines) is 1. The molecule has 2 rings (SSSR count). The van der Waals surface area contributed by atoms with Crippen molar-refractivity contribution in [2.24, 2.45) is 5.92 Å². The van der Waals surface area contributed by atoms with E-state index in [0.717, 1.165) is 24.2 Å². The largest absolute Gasteiger partial charge is 0.465 e. The van der Waals surface area contributed by atoms with Gasteiger partial charge in [0.2, 0.25) is 0 Å². The van der Waals surface area contributed by atoms with Crippen molar-refractivity contribution in [1.29, 1.82) is 0 Å². The Bertz CT molecular complexity index is 516. The van der Waals surface area contributed by atoms with Crippen LogP contribution in [0.15, 0.2) is 18.2 Å². The summed E-state index contributed by atoms with van der Waals surface area (Å²) in [5.74, 6) is 0.316. The molecular formula is C17H26N2O2. The Morgan fingerprint density at radius 1 is 1.38 bits per heavy atom. The first kappa shape index (κ1) is 15.8. The van der Waals surface area contributed by atoms with Crippen LogP contribution in [0.2, 0.25) is 0 Å². The minimum absolute atomic E-state index is 0.286. The van der Waals surface area contributed by atoms with E-state index in [1.807, 2.05) is 25.1 Å². The Morgan fingerprint density at radius 2 is 2.10 bits per heavy atom. The van der Waals surface area contributed by atoms with Crippen molar-refractivity contribution < 1.29 is 9.53 Å². The summed E-state index contributed by atoms with van der Waals surface area (Å²) in [5.41, 5.74) is 2.79. The van der Waals surface area contributed by atoms with Gasteiger partial charge in [-0.15, -0.1) is 0 Å². The van der Waals surface area contributed by atoms with Crippen LogP contribution in [0.25, 0.3) is 0 Å². The number of benzene rings is 1. The number of hydrogen-bond acceptors (Lipinski definition) is 4. The molecule has 1 heterocycles. The van der Waals surface area contributed by atoms with Crippen LogP contribution in [0, 0.1) is 12.8 Å². The molecule has 1 aliphatic rings. The molecule has 0 aromatic heterocycles. The minimum Gasteiger partial charge on any atom is -0.465 e. The van der Waals surface area contributed by atoms with Crippen molar-refractivity contribution in [2.45, 2.75) is 39.3 Å². The van der Waals surface area contributed by atoms with E-state index in [9.17, 15) is 4.79 Å². The van der Waals surface area contributed by atoms with Gasteiger partial charge in [0.25, 0.3) is 0 Å². The highest BCUT2D eigenvalue weighted by molar-refractivity contribution is 5.90. The van der Waals surface area contributed by atoms with Gasteiger partial charge in [-0.05, 0) is 57.0 Å². The summed E-state index contributed by atoms with van der Waals surface area (Å²) in [6.45, 7) is 7.70. The van der Waals surface area contributed by atoms with Crippen LogP contribution in [0.1, 0.15) is 36.2 Å². The number of rotatable bonds is 3. The molecule has 4 nitrogen and oxygen atoms in total. The van der Waals surface area contributed by atoms with Gasteiger partial charge in [0, 0.05) is 24.3 Å². The van der Waals surface area contributed by atoms with Crippen molar-refractivity contribution in [3.63, 3.8) is 0 Å². The Balaban J connectivity index is 2.11. The number of hydrogen-bond donors (Lipinski definition) is 1. The Labute approximate surface area is 127 Å². The zero-order valence-corrected chi connectivity index (χ0v) is 13.6. The molecule has 1 aromatic carbocycles. The molecule has 0 aliphatic carbocycles. The van der Waals surface area contributed by atoms with Crippen molar-refractivity contribution in [3.8, 4) is 0 Å². The molecule has 3 atom stereocenters. The van der Waals surface area contributed by atoms with E-state index in [1.165, 1.54) is 7.11 Å². The van der Waals surface area contributed by atoms with Crippen LogP contribution in [-0.2, 0) is 4.74 Å². The Hall–Kier alpha value is -1.55. The van der Waals surface area contributed by atoms with Gasteiger partial charge in [-0.1, -0.05) is 6.92 Å². The zero-order valence-electron chi connectivity index (χ0n) is 13.6. The van der Waals surface area contributed by atoms with E-state index >= 15 is 0 Å². The molecular weight excluding hydrogens is 264 g/mol. The molecule has 1 fully saturated rings. The van der Waals surface area contributed by atoms with Crippen molar-refractivity contribution in [2.75, 3.05) is 26.0 Å². The van der Waals surface area contributed by atoms with E-state index in [1.54, 1.807) is 0 Å². The number of ether oxygens (including phenoxy) is 1. The molecule has 0 amide bonds.